The Morgan fingerprint density at radius 3 is 2.75 bits per heavy atom. The number of anilines is 1. The fraction of sp³-hybridized carbons (Fsp3) is 0.250. The van der Waals surface area contributed by atoms with Gasteiger partial charge in [0.25, 0.3) is 0 Å². The van der Waals surface area contributed by atoms with Crippen LogP contribution in [0.1, 0.15) is 22.8 Å². The number of carbonyl (C=O) groups is 2. The first kappa shape index (κ1) is 20.4. The molecule has 2 atom stereocenters. The number of hydrazone groups is 1. The molecule has 0 saturated heterocycles. The number of hydrogen-bond donors (Lipinski definition) is 1. The molecule has 0 spiro atoms. The summed E-state index contributed by atoms with van der Waals surface area (Å²) >= 11 is 9.36. The van der Waals surface area contributed by atoms with E-state index in [1.54, 1.807) is 35.5 Å². The standard InChI is InChI=1S/C20H18BrClN2O4/c1-11-7-15(22)4-5-17(11)24-10-13(9-23-24)19(25)16-8-14(21)3-6-18(16)28-12(2)20(26)27/h3-9,12-13H,10H2,1-2H3,(H,26,27). The highest BCUT2D eigenvalue weighted by Gasteiger charge is 2.29. The molecule has 0 fully saturated rings. The topological polar surface area (TPSA) is 79.2 Å². The first-order valence-electron chi connectivity index (χ1n) is 8.57. The van der Waals surface area contributed by atoms with E-state index >= 15 is 0 Å². The van der Waals surface area contributed by atoms with Gasteiger partial charge in [0.15, 0.2) is 11.9 Å². The van der Waals surface area contributed by atoms with Crippen LogP contribution in [-0.2, 0) is 4.79 Å². The van der Waals surface area contributed by atoms with Crippen molar-refractivity contribution in [1.82, 2.24) is 0 Å². The summed E-state index contributed by atoms with van der Waals surface area (Å²) < 4.78 is 6.17. The van der Waals surface area contributed by atoms with Crippen molar-refractivity contribution in [3.05, 3.63) is 57.0 Å². The second-order valence-electron chi connectivity index (χ2n) is 6.49. The predicted molar refractivity (Wildman–Crippen MR) is 112 cm³/mol. The summed E-state index contributed by atoms with van der Waals surface area (Å²) in [5.74, 6) is -1.54. The molecule has 0 saturated carbocycles. The zero-order valence-corrected chi connectivity index (χ0v) is 17.6. The van der Waals surface area contributed by atoms with Crippen LogP contribution in [0, 0.1) is 12.8 Å². The zero-order chi connectivity index (χ0) is 20.4. The molecule has 2 aromatic carbocycles. The van der Waals surface area contributed by atoms with Crippen LogP contribution in [0.5, 0.6) is 5.75 Å². The van der Waals surface area contributed by atoms with Crippen molar-refractivity contribution < 1.29 is 19.4 Å². The summed E-state index contributed by atoms with van der Waals surface area (Å²) in [7, 11) is 0. The summed E-state index contributed by atoms with van der Waals surface area (Å²) in [5, 5.41) is 15.8. The van der Waals surface area contributed by atoms with Crippen LogP contribution >= 0.6 is 27.5 Å². The monoisotopic (exact) mass is 464 g/mol. The molecule has 0 aromatic heterocycles. The number of carboxylic acid groups (broad SMARTS) is 1. The lowest BCUT2D eigenvalue weighted by Crippen LogP contribution is -2.27. The number of aryl methyl sites for hydroxylation is 1. The quantitative estimate of drug-likeness (QED) is 0.632. The lowest BCUT2D eigenvalue weighted by Gasteiger charge is -2.19. The summed E-state index contributed by atoms with van der Waals surface area (Å²) in [6.07, 6.45) is 0.528. The van der Waals surface area contributed by atoms with Gasteiger partial charge in [-0.05, 0) is 55.8 Å². The largest absolute Gasteiger partial charge is 0.479 e. The van der Waals surface area contributed by atoms with E-state index in [9.17, 15) is 9.59 Å². The molecule has 1 aliphatic heterocycles. The number of benzene rings is 2. The number of rotatable bonds is 6. The molecule has 2 aromatic rings. The van der Waals surface area contributed by atoms with Gasteiger partial charge in [0, 0.05) is 15.7 Å². The molecule has 146 valence electrons. The maximum absolute atomic E-state index is 13.1. The third kappa shape index (κ3) is 4.36. The Labute approximate surface area is 175 Å². The van der Waals surface area contributed by atoms with Crippen LogP contribution < -0.4 is 9.75 Å². The highest BCUT2D eigenvalue weighted by molar-refractivity contribution is 9.10. The Bertz CT molecular complexity index is 963. The number of Topliss-reactive ketones (excluding diaryl/α,β-unsaturated/α-hetero) is 1. The van der Waals surface area contributed by atoms with Gasteiger partial charge in [-0.25, -0.2) is 4.79 Å². The van der Waals surface area contributed by atoms with Crippen LogP contribution in [0.3, 0.4) is 0 Å². The van der Waals surface area contributed by atoms with E-state index in [4.69, 9.17) is 21.4 Å². The molecule has 0 aliphatic carbocycles. The highest BCUT2D eigenvalue weighted by atomic mass is 79.9. The van der Waals surface area contributed by atoms with Gasteiger partial charge in [-0.2, -0.15) is 5.10 Å². The molecular formula is C20H18BrClN2O4. The fourth-order valence-corrected chi connectivity index (χ4v) is 3.49. The number of carbonyl (C=O) groups excluding carboxylic acids is 1. The molecule has 0 bridgehead atoms. The Morgan fingerprint density at radius 2 is 2.07 bits per heavy atom. The second kappa shape index (κ2) is 8.32. The van der Waals surface area contributed by atoms with Gasteiger partial charge in [-0.15, -0.1) is 0 Å². The van der Waals surface area contributed by atoms with Crippen molar-refractivity contribution in [3.8, 4) is 5.75 Å². The molecule has 0 radical (unpaired) electrons. The van der Waals surface area contributed by atoms with Crippen LogP contribution in [0.25, 0.3) is 0 Å². The maximum atomic E-state index is 13.1. The Kier molecular flexibility index (Phi) is 6.05. The summed E-state index contributed by atoms with van der Waals surface area (Å²) in [6.45, 7) is 3.72. The van der Waals surface area contributed by atoms with E-state index in [0.29, 0.717) is 21.6 Å². The zero-order valence-electron chi connectivity index (χ0n) is 15.2. The number of halogens is 2. The Hall–Kier alpha value is -2.38. The van der Waals surface area contributed by atoms with Crippen molar-refractivity contribution in [3.63, 3.8) is 0 Å². The second-order valence-corrected chi connectivity index (χ2v) is 7.84. The molecule has 1 N–H and O–H groups in total. The van der Waals surface area contributed by atoms with Crippen molar-refractivity contribution in [1.29, 1.82) is 0 Å². The van der Waals surface area contributed by atoms with Gasteiger partial charge in [0.1, 0.15) is 5.75 Å². The fourth-order valence-electron chi connectivity index (χ4n) is 2.90. The van der Waals surface area contributed by atoms with Crippen LogP contribution in [0.4, 0.5) is 5.69 Å². The molecule has 8 heteroatoms. The minimum absolute atomic E-state index is 0.188. The maximum Gasteiger partial charge on any atom is 0.344 e. The molecule has 1 heterocycles. The third-order valence-corrected chi connectivity index (χ3v) is 5.12. The smallest absolute Gasteiger partial charge is 0.344 e. The van der Waals surface area contributed by atoms with Crippen LogP contribution in [-0.4, -0.2) is 35.7 Å². The van der Waals surface area contributed by atoms with Gasteiger partial charge in [-0.1, -0.05) is 27.5 Å². The number of aliphatic carboxylic acids is 1. The predicted octanol–water partition coefficient (Wildman–Crippen LogP) is 4.57. The van der Waals surface area contributed by atoms with E-state index in [1.807, 2.05) is 19.1 Å². The number of ether oxygens (including phenoxy) is 1. The van der Waals surface area contributed by atoms with Crippen molar-refractivity contribution in [2.75, 3.05) is 11.6 Å². The highest BCUT2D eigenvalue weighted by Crippen LogP contribution is 2.30. The van der Waals surface area contributed by atoms with E-state index in [1.165, 1.54) is 6.92 Å². The van der Waals surface area contributed by atoms with Crippen molar-refractivity contribution >= 4 is 51.2 Å². The number of nitrogens with zero attached hydrogens (tertiary/aromatic N) is 2. The van der Waals surface area contributed by atoms with E-state index in [0.717, 1.165) is 11.3 Å². The van der Waals surface area contributed by atoms with Gasteiger partial charge >= 0.3 is 5.97 Å². The average molecular weight is 466 g/mol. The van der Waals surface area contributed by atoms with Crippen molar-refractivity contribution in [2.45, 2.75) is 20.0 Å². The summed E-state index contributed by atoms with van der Waals surface area (Å²) in [6, 6.07) is 10.4. The first-order valence-corrected chi connectivity index (χ1v) is 9.74. The van der Waals surface area contributed by atoms with Crippen molar-refractivity contribution in [2.24, 2.45) is 11.0 Å². The molecule has 0 amide bonds. The van der Waals surface area contributed by atoms with Gasteiger partial charge in [0.2, 0.25) is 0 Å². The Morgan fingerprint density at radius 1 is 1.32 bits per heavy atom. The molecule has 6 nitrogen and oxygen atoms in total. The minimum Gasteiger partial charge on any atom is -0.479 e. The third-order valence-electron chi connectivity index (χ3n) is 4.39. The summed E-state index contributed by atoms with van der Waals surface area (Å²) in [5.41, 5.74) is 2.15. The van der Waals surface area contributed by atoms with Gasteiger partial charge in [0.05, 0.1) is 23.7 Å². The minimum atomic E-state index is -1.10. The molecule has 3 rings (SSSR count). The molecule has 1 aliphatic rings. The average Bonchev–Trinajstić information content (AvgIpc) is 3.12. The normalized spacial score (nSPS) is 16.9. The lowest BCUT2D eigenvalue weighted by atomic mass is 9.98. The summed E-state index contributed by atoms with van der Waals surface area (Å²) in [4.78, 5) is 24.2. The van der Waals surface area contributed by atoms with Crippen LogP contribution in [0.15, 0.2) is 46.0 Å². The van der Waals surface area contributed by atoms with Gasteiger partial charge < -0.3 is 9.84 Å². The first-order chi connectivity index (χ1) is 13.3. The Balaban J connectivity index is 1.82. The SMILES string of the molecule is Cc1cc(Cl)ccc1N1CC(C(=O)c2cc(Br)ccc2OC(C)C(=O)O)C=N1. The van der Waals surface area contributed by atoms with Crippen LogP contribution in [0.2, 0.25) is 5.02 Å². The molecule has 2 unspecified atom stereocenters. The number of carboxylic acids is 1. The number of hydrogen-bond acceptors (Lipinski definition) is 5. The van der Waals surface area contributed by atoms with E-state index in [2.05, 4.69) is 21.0 Å². The van der Waals surface area contributed by atoms with Gasteiger partial charge in [-0.3, -0.25) is 9.80 Å². The molecule has 28 heavy (non-hydrogen) atoms. The number of ketones is 1. The molecular weight excluding hydrogens is 448 g/mol. The van der Waals surface area contributed by atoms with E-state index in [-0.39, 0.29) is 11.5 Å². The van der Waals surface area contributed by atoms with E-state index < -0.39 is 18.0 Å². The lowest BCUT2D eigenvalue weighted by molar-refractivity contribution is -0.144.